The van der Waals surface area contributed by atoms with Crippen LogP contribution < -0.4 is 0 Å². The molecule has 1 aliphatic rings. The van der Waals surface area contributed by atoms with Crippen molar-refractivity contribution in [3.05, 3.63) is 0 Å². The molecule has 1 saturated heterocycles. The van der Waals surface area contributed by atoms with Gasteiger partial charge in [0.15, 0.2) is 6.29 Å². The Bertz CT molecular complexity index is 131. The van der Waals surface area contributed by atoms with Gasteiger partial charge in [-0.1, -0.05) is 13.3 Å². The van der Waals surface area contributed by atoms with Crippen LogP contribution in [0.2, 0.25) is 0 Å². The van der Waals surface area contributed by atoms with Crippen LogP contribution in [0.1, 0.15) is 26.7 Å². The monoisotopic (exact) mass is 188 g/mol. The zero-order valence-electron chi connectivity index (χ0n) is 8.84. The summed E-state index contributed by atoms with van der Waals surface area (Å²) in [6, 6.07) is 0. The Morgan fingerprint density at radius 3 is 2.46 bits per heavy atom. The van der Waals surface area contributed by atoms with E-state index in [2.05, 4.69) is 6.92 Å². The second-order valence-electron chi connectivity index (χ2n) is 3.87. The molecule has 78 valence electrons. The Labute approximate surface area is 80.4 Å². The molecule has 0 N–H and O–H groups in total. The fourth-order valence-electron chi connectivity index (χ4n) is 1.81. The molecule has 0 unspecified atom stereocenters. The molecule has 0 aromatic heterocycles. The van der Waals surface area contributed by atoms with E-state index >= 15 is 0 Å². The molecule has 13 heavy (non-hydrogen) atoms. The first-order chi connectivity index (χ1) is 6.22. The van der Waals surface area contributed by atoms with Crippen molar-refractivity contribution in [3.63, 3.8) is 0 Å². The maximum absolute atomic E-state index is 5.50. The first kappa shape index (κ1) is 11.0. The average Bonchev–Trinajstić information content (AvgIpc) is 2.11. The van der Waals surface area contributed by atoms with Crippen LogP contribution in [0.5, 0.6) is 0 Å². The van der Waals surface area contributed by atoms with E-state index in [9.17, 15) is 0 Å². The van der Waals surface area contributed by atoms with Gasteiger partial charge in [0, 0.05) is 12.5 Å². The Morgan fingerprint density at radius 2 is 2.00 bits per heavy atom. The predicted octanol–water partition coefficient (Wildman–Crippen LogP) is 1.81. The highest BCUT2D eigenvalue weighted by Crippen LogP contribution is 2.29. The minimum atomic E-state index is -0.0539. The SMILES string of the molecule is CCCC1(COC)COC(C)OC1. The highest BCUT2D eigenvalue weighted by atomic mass is 16.7. The Balaban J connectivity index is 2.47. The third kappa shape index (κ3) is 2.93. The largest absolute Gasteiger partial charge is 0.384 e. The Kier molecular flexibility index (Phi) is 4.16. The lowest BCUT2D eigenvalue weighted by molar-refractivity contribution is -0.231. The van der Waals surface area contributed by atoms with Gasteiger partial charge >= 0.3 is 0 Å². The molecule has 1 aliphatic heterocycles. The van der Waals surface area contributed by atoms with Crippen molar-refractivity contribution in [1.29, 1.82) is 0 Å². The second-order valence-corrected chi connectivity index (χ2v) is 3.87. The summed E-state index contributed by atoms with van der Waals surface area (Å²) in [5, 5.41) is 0. The summed E-state index contributed by atoms with van der Waals surface area (Å²) in [5.41, 5.74) is 0.0933. The number of hydrogen-bond acceptors (Lipinski definition) is 3. The molecular weight excluding hydrogens is 168 g/mol. The number of ether oxygens (including phenoxy) is 3. The third-order valence-corrected chi connectivity index (χ3v) is 2.48. The fraction of sp³-hybridized carbons (Fsp3) is 1.00. The lowest BCUT2D eigenvalue weighted by Gasteiger charge is -2.38. The second kappa shape index (κ2) is 4.94. The van der Waals surface area contributed by atoms with E-state index in [1.807, 2.05) is 6.92 Å². The summed E-state index contributed by atoms with van der Waals surface area (Å²) >= 11 is 0. The zero-order chi connectivity index (χ0) is 9.73. The lowest BCUT2D eigenvalue weighted by Crippen LogP contribution is -2.43. The minimum Gasteiger partial charge on any atom is -0.384 e. The molecule has 0 bridgehead atoms. The van der Waals surface area contributed by atoms with Crippen molar-refractivity contribution >= 4 is 0 Å². The van der Waals surface area contributed by atoms with E-state index in [-0.39, 0.29) is 11.7 Å². The molecule has 3 nitrogen and oxygen atoms in total. The Morgan fingerprint density at radius 1 is 1.38 bits per heavy atom. The van der Waals surface area contributed by atoms with Crippen LogP contribution in [0.15, 0.2) is 0 Å². The van der Waals surface area contributed by atoms with E-state index in [1.54, 1.807) is 7.11 Å². The van der Waals surface area contributed by atoms with E-state index in [4.69, 9.17) is 14.2 Å². The highest BCUT2D eigenvalue weighted by molar-refractivity contribution is 4.80. The molecule has 0 spiro atoms. The smallest absolute Gasteiger partial charge is 0.154 e. The standard InChI is InChI=1S/C10H20O3/c1-4-5-10(6-11-3)7-12-9(2)13-8-10/h9H,4-8H2,1-3H3. The van der Waals surface area contributed by atoms with Crippen LogP contribution in [-0.4, -0.2) is 33.2 Å². The van der Waals surface area contributed by atoms with Crippen LogP contribution in [0.3, 0.4) is 0 Å². The van der Waals surface area contributed by atoms with Gasteiger partial charge in [0.2, 0.25) is 0 Å². The van der Waals surface area contributed by atoms with Crippen molar-refractivity contribution in [2.75, 3.05) is 26.9 Å². The molecule has 0 aromatic carbocycles. The first-order valence-electron chi connectivity index (χ1n) is 4.94. The molecule has 0 atom stereocenters. The van der Waals surface area contributed by atoms with Gasteiger partial charge in [0.25, 0.3) is 0 Å². The molecule has 3 heteroatoms. The molecule has 0 aliphatic carbocycles. The highest BCUT2D eigenvalue weighted by Gasteiger charge is 2.35. The number of hydrogen-bond donors (Lipinski definition) is 0. The summed E-state index contributed by atoms with van der Waals surface area (Å²) in [6.07, 6.45) is 2.19. The van der Waals surface area contributed by atoms with Gasteiger partial charge in [0.05, 0.1) is 19.8 Å². The Hall–Kier alpha value is -0.120. The van der Waals surface area contributed by atoms with Crippen molar-refractivity contribution in [3.8, 4) is 0 Å². The van der Waals surface area contributed by atoms with Gasteiger partial charge in [0.1, 0.15) is 0 Å². The molecule has 1 heterocycles. The van der Waals surface area contributed by atoms with Crippen molar-refractivity contribution < 1.29 is 14.2 Å². The van der Waals surface area contributed by atoms with Crippen LogP contribution in [0.25, 0.3) is 0 Å². The van der Waals surface area contributed by atoms with Crippen LogP contribution in [0.4, 0.5) is 0 Å². The molecular formula is C10H20O3. The topological polar surface area (TPSA) is 27.7 Å². The maximum Gasteiger partial charge on any atom is 0.154 e. The van der Waals surface area contributed by atoms with E-state index in [0.29, 0.717) is 0 Å². The summed E-state index contributed by atoms with van der Waals surface area (Å²) in [7, 11) is 1.73. The van der Waals surface area contributed by atoms with Gasteiger partial charge in [-0.3, -0.25) is 0 Å². The summed E-state index contributed by atoms with van der Waals surface area (Å²) in [4.78, 5) is 0. The van der Waals surface area contributed by atoms with Gasteiger partial charge in [-0.05, 0) is 13.3 Å². The lowest BCUT2D eigenvalue weighted by atomic mass is 9.85. The van der Waals surface area contributed by atoms with Gasteiger partial charge in [-0.2, -0.15) is 0 Å². The molecule has 0 saturated carbocycles. The molecule has 0 radical (unpaired) electrons. The van der Waals surface area contributed by atoms with Crippen molar-refractivity contribution in [2.24, 2.45) is 5.41 Å². The predicted molar refractivity (Wildman–Crippen MR) is 50.6 cm³/mol. The van der Waals surface area contributed by atoms with E-state index in [1.165, 1.54) is 0 Å². The van der Waals surface area contributed by atoms with Crippen LogP contribution >= 0.6 is 0 Å². The van der Waals surface area contributed by atoms with Crippen LogP contribution in [-0.2, 0) is 14.2 Å². The third-order valence-electron chi connectivity index (χ3n) is 2.48. The van der Waals surface area contributed by atoms with Crippen molar-refractivity contribution in [1.82, 2.24) is 0 Å². The average molecular weight is 188 g/mol. The van der Waals surface area contributed by atoms with E-state index < -0.39 is 0 Å². The number of rotatable bonds is 4. The van der Waals surface area contributed by atoms with Crippen molar-refractivity contribution in [2.45, 2.75) is 33.0 Å². The normalized spacial score (nSPS) is 34.8. The quantitative estimate of drug-likeness (QED) is 0.673. The molecule has 1 fully saturated rings. The van der Waals surface area contributed by atoms with Crippen LogP contribution in [0, 0.1) is 5.41 Å². The van der Waals surface area contributed by atoms with Gasteiger partial charge in [-0.15, -0.1) is 0 Å². The van der Waals surface area contributed by atoms with Gasteiger partial charge < -0.3 is 14.2 Å². The molecule has 0 amide bonds. The maximum atomic E-state index is 5.50. The first-order valence-corrected chi connectivity index (χ1v) is 4.94. The molecule has 0 aromatic rings. The summed E-state index contributed by atoms with van der Waals surface area (Å²) < 4.78 is 16.2. The number of methoxy groups -OCH3 is 1. The zero-order valence-corrected chi connectivity index (χ0v) is 8.84. The fourth-order valence-corrected chi connectivity index (χ4v) is 1.81. The minimum absolute atomic E-state index is 0.0539. The summed E-state index contributed by atoms with van der Waals surface area (Å²) in [6.45, 7) is 6.36. The van der Waals surface area contributed by atoms with Gasteiger partial charge in [-0.25, -0.2) is 0 Å². The molecule has 1 rings (SSSR count). The summed E-state index contributed by atoms with van der Waals surface area (Å²) in [5.74, 6) is 0. The van der Waals surface area contributed by atoms with E-state index in [0.717, 1.165) is 32.7 Å².